The van der Waals surface area contributed by atoms with Crippen LogP contribution in [0.15, 0.2) is 42.5 Å². The van der Waals surface area contributed by atoms with Crippen LogP contribution in [0.25, 0.3) is 0 Å². The van der Waals surface area contributed by atoms with Crippen LogP contribution in [-0.4, -0.2) is 5.91 Å². The van der Waals surface area contributed by atoms with Gasteiger partial charge < -0.3 is 5.32 Å². The van der Waals surface area contributed by atoms with E-state index in [1.165, 1.54) is 5.56 Å². The standard InChI is InChI=1S/C21H27NO/c1-14(2)11-20(18-9-7-6-8-10-18)22-21(23)19-13-16(4)15(3)12-17(19)5/h6-10,12-14,20H,11H2,1-5H3,(H,22,23). The molecule has 23 heavy (non-hydrogen) atoms. The molecule has 1 unspecified atom stereocenters. The van der Waals surface area contributed by atoms with Crippen molar-refractivity contribution in [2.45, 2.75) is 47.1 Å². The van der Waals surface area contributed by atoms with Gasteiger partial charge in [-0.2, -0.15) is 0 Å². The van der Waals surface area contributed by atoms with Gasteiger partial charge in [0.1, 0.15) is 0 Å². The Morgan fingerprint density at radius 2 is 1.57 bits per heavy atom. The van der Waals surface area contributed by atoms with Gasteiger partial charge in [0, 0.05) is 5.56 Å². The van der Waals surface area contributed by atoms with E-state index in [0.717, 1.165) is 28.7 Å². The first-order chi connectivity index (χ1) is 10.9. The number of amides is 1. The van der Waals surface area contributed by atoms with Gasteiger partial charge in [-0.15, -0.1) is 0 Å². The molecule has 1 N–H and O–H groups in total. The molecule has 0 aliphatic carbocycles. The summed E-state index contributed by atoms with van der Waals surface area (Å²) in [4.78, 5) is 12.8. The third-order valence-corrected chi connectivity index (χ3v) is 4.30. The van der Waals surface area contributed by atoms with E-state index in [-0.39, 0.29) is 11.9 Å². The Kier molecular flexibility index (Phi) is 5.59. The molecule has 0 radical (unpaired) electrons. The summed E-state index contributed by atoms with van der Waals surface area (Å²) in [6, 6.07) is 14.4. The van der Waals surface area contributed by atoms with Crippen LogP contribution in [-0.2, 0) is 0 Å². The molecular formula is C21H27NO. The average molecular weight is 309 g/mol. The van der Waals surface area contributed by atoms with E-state index < -0.39 is 0 Å². The van der Waals surface area contributed by atoms with Gasteiger partial charge >= 0.3 is 0 Å². The monoisotopic (exact) mass is 309 g/mol. The normalized spacial score (nSPS) is 12.3. The third kappa shape index (κ3) is 4.44. The fraction of sp³-hybridized carbons (Fsp3) is 0.381. The highest BCUT2D eigenvalue weighted by Gasteiger charge is 2.18. The van der Waals surface area contributed by atoms with Crippen molar-refractivity contribution in [1.29, 1.82) is 0 Å². The maximum atomic E-state index is 12.8. The largest absolute Gasteiger partial charge is 0.345 e. The number of nitrogens with one attached hydrogen (secondary N) is 1. The SMILES string of the molecule is Cc1cc(C)c(C(=O)NC(CC(C)C)c2ccccc2)cc1C. The van der Waals surface area contributed by atoms with Crippen LogP contribution in [0.2, 0.25) is 0 Å². The summed E-state index contributed by atoms with van der Waals surface area (Å²) in [5.74, 6) is 0.529. The van der Waals surface area contributed by atoms with E-state index in [1.807, 2.05) is 38.1 Å². The number of aryl methyl sites for hydroxylation is 3. The Balaban J connectivity index is 2.26. The molecule has 2 nitrogen and oxygen atoms in total. The second kappa shape index (κ2) is 7.45. The molecular weight excluding hydrogens is 282 g/mol. The summed E-state index contributed by atoms with van der Waals surface area (Å²) in [5, 5.41) is 3.23. The smallest absolute Gasteiger partial charge is 0.252 e. The molecule has 0 aliphatic rings. The van der Waals surface area contributed by atoms with Gasteiger partial charge in [-0.1, -0.05) is 50.2 Å². The van der Waals surface area contributed by atoms with Crippen molar-refractivity contribution >= 4 is 5.91 Å². The van der Waals surface area contributed by atoms with Crippen LogP contribution in [0.5, 0.6) is 0 Å². The molecule has 0 spiro atoms. The van der Waals surface area contributed by atoms with E-state index >= 15 is 0 Å². The van der Waals surface area contributed by atoms with Crippen molar-refractivity contribution in [3.8, 4) is 0 Å². The molecule has 2 heteroatoms. The predicted molar refractivity (Wildman–Crippen MR) is 96.8 cm³/mol. The highest BCUT2D eigenvalue weighted by Crippen LogP contribution is 2.23. The third-order valence-electron chi connectivity index (χ3n) is 4.30. The van der Waals surface area contributed by atoms with Crippen LogP contribution in [0, 0.1) is 26.7 Å². The van der Waals surface area contributed by atoms with E-state index in [9.17, 15) is 4.79 Å². The zero-order valence-electron chi connectivity index (χ0n) is 14.8. The topological polar surface area (TPSA) is 29.1 Å². The molecule has 2 aromatic rings. The van der Waals surface area contributed by atoms with Crippen molar-refractivity contribution in [2.75, 3.05) is 0 Å². The summed E-state index contributed by atoms with van der Waals surface area (Å²) >= 11 is 0. The number of hydrogen-bond donors (Lipinski definition) is 1. The number of benzene rings is 2. The summed E-state index contributed by atoms with van der Waals surface area (Å²) in [6.45, 7) is 10.5. The molecule has 0 saturated heterocycles. The predicted octanol–water partition coefficient (Wildman–Crippen LogP) is 5.13. The van der Waals surface area contributed by atoms with Gasteiger partial charge in [0.15, 0.2) is 0 Å². The number of carbonyl (C=O) groups is 1. The fourth-order valence-electron chi connectivity index (χ4n) is 2.88. The number of carbonyl (C=O) groups excluding carboxylic acids is 1. The summed E-state index contributed by atoms with van der Waals surface area (Å²) in [6.07, 6.45) is 0.930. The van der Waals surface area contributed by atoms with Gasteiger partial charge in [-0.3, -0.25) is 4.79 Å². The Hall–Kier alpha value is -2.09. The minimum absolute atomic E-state index is 0.0140. The number of hydrogen-bond acceptors (Lipinski definition) is 1. The van der Waals surface area contributed by atoms with Crippen LogP contribution < -0.4 is 5.32 Å². The lowest BCUT2D eigenvalue weighted by Gasteiger charge is -2.22. The lowest BCUT2D eigenvalue weighted by Crippen LogP contribution is -2.30. The first kappa shape index (κ1) is 17.3. The van der Waals surface area contributed by atoms with Gasteiger partial charge in [-0.25, -0.2) is 0 Å². The highest BCUT2D eigenvalue weighted by atomic mass is 16.1. The molecule has 0 fully saturated rings. The van der Waals surface area contributed by atoms with E-state index in [4.69, 9.17) is 0 Å². The van der Waals surface area contributed by atoms with Crippen molar-refractivity contribution in [2.24, 2.45) is 5.92 Å². The molecule has 2 aromatic carbocycles. The van der Waals surface area contributed by atoms with Crippen LogP contribution >= 0.6 is 0 Å². The zero-order chi connectivity index (χ0) is 17.0. The zero-order valence-corrected chi connectivity index (χ0v) is 14.8. The summed E-state index contributed by atoms with van der Waals surface area (Å²) < 4.78 is 0. The maximum absolute atomic E-state index is 12.8. The fourth-order valence-corrected chi connectivity index (χ4v) is 2.88. The van der Waals surface area contributed by atoms with Gasteiger partial charge in [0.25, 0.3) is 5.91 Å². The van der Waals surface area contributed by atoms with E-state index in [1.54, 1.807) is 0 Å². The van der Waals surface area contributed by atoms with Gasteiger partial charge in [0.05, 0.1) is 6.04 Å². The van der Waals surface area contributed by atoms with Crippen molar-refractivity contribution in [1.82, 2.24) is 5.32 Å². The Morgan fingerprint density at radius 3 is 2.17 bits per heavy atom. The van der Waals surface area contributed by atoms with Crippen LogP contribution in [0.3, 0.4) is 0 Å². The second-order valence-electron chi connectivity index (χ2n) is 6.82. The quantitative estimate of drug-likeness (QED) is 0.815. The summed E-state index contributed by atoms with van der Waals surface area (Å²) in [5.41, 5.74) is 5.34. The van der Waals surface area contributed by atoms with Crippen LogP contribution in [0.1, 0.15) is 58.9 Å². The number of rotatable bonds is 5. The van der Waals surface area contributed by atoms with Crippen molar-refractivity contribution in [3.05, 3.63) is 70.3 Å². The van der Waals surface area contributed by atoms with Crippen LogP contribution in [0.4, 0.5) is 0 Å². The van der Waals surface area contributed by atoms with Gasteiger partial charge in [0.2, 0.25) is 0 Å². The minimum atomic E-state index is 0.0140. The lowest BCUT2D eigenvalue weighted by molar-refractivity contribution is 0.0931. The van der Waals surface area contributed by atoms with E-state index in [0.29, 0.717) is 5.92 Å². The second-order valence-corrected chi connectivity index (χ2v) is 6.82. The molecule has 0 aliphatic heterocycles. The molecule has 0 aromatic heterocycles. The molecule has 2 rings (SSSR count). The molecule has 1 atom stereocenters. The minimum Gasteiger partial charge on any atom is -0.345 e. The van der Waals surface area contributed by atoms with E-state index in [2.05, 4.69) is 44.3 Å². The average Bonchev–Trinajstić information content (AvgIpc) is 2.50. The molecule has 0 saturated carbocycles. The van der Waals surface area contributed by atoms with Gasteiger partial charge in [-0.05, 0) is 61.4 Å². The van der Waals surface area contributed by atoms with Crippen molar-refractivity contribution < 1.29 is 4.79 Å². The maximum Gasteiger partial charge on any atom is 0.252 e. The summed E-state index contributed by atoms with van der Waals surface area (Å²) in [7, 11) is 0. The van der Waals surface area contributed by atoms with Crippen molar-refractivity contribution in [3.63, 3.8) is 0 Å². The highest BCUT2D eigenvalue weighted by molar-refractivity contribution is 5.96. The Bertz CT molecular complexity index is 674. The first-order valence-corrected chi connectivity index (χ1v) is 8.32. The first-order valence-electron chi connectivity index (χ1n) is 8.32. The molecule has 0 heterocycles. The molecule has 0 bridgehead atoms. The molecule has 1 amide bonds. The molecule has 122 valence electrons. The Labute approximate surface area is 139 Å². The lowest BCUT2D eigenvalue weighted by atomic mass is 9.95. The Morgan fingerprint density at radius 1 is 0.957 bits per heavy atom.